The smallest absolute Gasteiger partial charge is 0.407 e. The predicted octanol–water partition coefficient (Wildman–Crippen LogP) is 2.26. The van der Waals surface area contributed by atoms with Crippen molar-refractivity contribution in [2.24, 2.45) is 5.41 Å². The van der Waals surface area contributed by atoms with Gasteiger partial charge in [-0.2, -0.15) is 0 Å². The molecule has 1 unspecified atom stereocenters. The summed E-state index contributed by atoms with van der Waals surface area (Å²) in [6, 6.07) is 16.0. The molecule has 0 bridgehead atoms. The molecule has 4 N–H and O–H groups in total. The lowest BCUT2D eigenvalue weighted by Crippen LogP contribution is -2.39. The molecule has 1 atom stereocenters. The molecule has 168 valence electrons. The van der Waals surface area contributed by atoms with Crippen LogP contribution < -0.4 is 10.6 Å². The van der Waals surface area contributed by atoms with E-state index in [1.54, 1.807) is 0 Å². The van der Waals surface area contributed by atoms with E-state index in [1.807, 2.05) is 36.4 Å². The molecule has 0 spiro atoms. The number of aliphatic hydroxyl groups is 1. The van der Waals surface area contributed by atoms with E-state index in [4.69, 9.17) is 9.84 Å². The van der Waals surface area contributed by atoms with E-state index in [1.165, 1.54) is 0 Å². The molecule has 2 aromatic rings. The summed E-state index contributed by atoms with van der Waals surface area (Å²) in [6.45, 7) is 0.0651. The van der Waals surface area contributed by atoms with Crippen LogP contribution in [0.3, 0.4) is 0 Å². The van der Waals surface area contributed by atoms with Crippen LogP contribution in [0, 0.1) is 5.41 Å². The first-order valence-electron chi connectivity index (χ1n) is 10.7. The molecule has 1 fully saturated rings. The second-order valence-electron chi connectivity index (χ2n) is 8.43. The monoisotopic (exact) mass is 438 g/mol. The number of carboxylic acid groups (broad SMARTS) is 1. The minimum atomic E-state index is -1.10. The van der Waals surface area contributed by atoms with Gasteiger partial charge in [0.15, 0.2) is 0 Å². The third-order valence-corrected chi connectivity index (χ3v) is 6.18. The zero-order valence-corrected chi connectivity index (χ0v) is 17.5. The van der Waals surface area contributed by atoms with Gasteiger partial charge in [0.05, 0.1) is 17.9 Å². The quantitative estimate of drug-likeness (QED) is 0.476. The first kappa shape index (κ1) is 21.8. The Morgan fingerprint density at radius 3 is 2.16 bits per heavy atom. The summed E-state index contributed by atoms with van der Waals surface area (Å²) in [4.78, 5) is 35.2. The Kier molecular flexibility index (Phi) is 6.14. The van der Waals surface area contributed by atoms with Crippen LogP contribution in [0.1, 0.15) is 36.3 Å². The van der Waals surface area contributed by atoms with Crippen molar-refractivity contribution < 1.29 is 29.3 Å². The minimum absolute atomic E-state index is 0.0493. The van der Waals surface area contributed by atoms with Crippen molar-refractivity contribution in [3.8, 4) is 11.1 Å². The molecule has 4 rings (SSSR count). The fraction of sp³-hybridized carbons (Fsp3) is 0.375. The standard InChI is InChI=1S/C24H26N2O6/c27-15(11-21(28)26-14-24(9-10-24)22(29)30)12-25-23(31)32-13-20-18-7-3-1-5-16(18)17-6-2-4-8-19(17)20/h1-8,15,20,27H,9-14H2,(H,25,31)(H,26,28)(H,29,30). The van der Waals surface area contributed by atoms with Gasteiger partial charge in [-0.05, 0) is 35.1 Å². The molecule has 0 saturated heterocycles. The molecule has 2 amide bonds. The van der Waals surface area contributed by atoms with Gasteiger partial charge in [0.25, 0.3) is 0 Å². The van der Waals surface area contributed by atoms with Gasteiger partial charge in [-0.15, -0.1) is 0 Å². The van der Waals surface area contributed by atoms with Crippen LogP contribution in [0.5, 0.6) is 0 Å². The topological polar surface area (TPSA) is 125 Å². The number of carboxylic acids is 1. The van der Waals surface area contributed by atoms with Crippen LogP contribution in [-0.2, 0) is 14.3 Å². The Balaban J connectivity index is 1.22. The molecule has 32 heavy (non-hydrogen) atoms. The number of benzene rings is 2. The highest BCUT2D eigenvalue weighted by Gasteiger charge is 2.50. The molecule has 2 aliphatic carbocycles. The Bertz CT molecular complexity index is 987. The maximum atomic E-state index is 12.1. The number of aliphatic hydroxyl groups excluding tert-OH is 1. The average molecular weight is 438 g/mol. The van der Waals surface area contributed by atoms with Gasteiger partial charge in [-0.25, -0.2) is 4.79 Å². The first-order valence-corrected chi connectivity index (χ1v) is 10.7. The lowest BCUT2D eigenvalue weighted by Gasteiger charge is -2.16. The summed E-state index contributed by atoms with van der Waals surface area (Å²) >= 11 is 0. The van der Waals surface area contributed by atoms with E-state index >= 15 is 0 Å². The molecule has 0 heterocycles. The van der Waals surface area contributed by atoms with Gasteiger partial charge in [-0.3, -0.25) is 9.59 Å². The molecule has 1 saturated carbocycles. The van der Waals surface area contributed by atoms with E-state index < -0.39 is 29.5 Å². The zero-order valence-electron chi connectivity index (χ0n) is 17.5. The first-order chi connectivity index (χ1) is 15.4. The van der Waals surface area contributed by atoms with Crippen molar-refractivity contribution in [2.75, 3.05) is 19.7 Å². The van der Waals surface area contributed by atoms with Crippen LogP contribution in [0.15, 0.2) is 48.5 Å². The van der Waals surface area contributed by atoms with E-state index in [0.717, 1.165) is 22.3 Å². The maximum Gasteiger partial charge on any atom is 0.407 e. The number of amides is 2. The van der Waals surface area contributed by atoms with Crippen LogP contribution in [0.4, 0.5) is 4.79 Å². The van der Waals surface area contributed by atoms with Gasteiger partial charge >= 0.3 is 12.1 Å². The molecule has 2 aromatic carbocycles. The fourth-order valence-electron chi connectivity index (χ4n) is 4.09. The van der Waals surface area contributed by atoms with Crippen LogP contribution in [0.2, 0.25) is 0 Å². The number of carbonyl (C=O) groups is 3. The van der Waals surface area contributed by atoms with Gasteiger partial charge in [0.1, 0.15) is 6.61 Å². The van der Waals surface area contributed by atoms with Crippen LogP contribution in [-0.4, -0.2) is 54.0 Å². The summed E-state index contributed by atoms with van der Waals surface area (Å²) in [5.74, 6) is -1.44. The number of hydrogen-bond acceptors (Lipinski definition) is 5. The molecule has 2 aliphatic rings. The van der Waals surface area contributed by atoms with Crippen molar-refractivity contribution in [1.82, 2.24) is 10.6 Å². The molecular weight excluding hydrogens is 412 g/mol. The number of alkyl carbamates (subject to hydrolysis) is 1. The molecule has 0 radical (unpaired) electrons. The zero-order chi connectivity index (χ0) is 22.7. The van der Waals surface area contributed by atoms with Crippen molar-refractivity contribution in [3.05, 3.63) is 59.7 Å². The third kappa shape index (κ3) is 4.60. The summed E-state index contributed by atoms with van der Waals surface area (Å²) in [6.07, 6.45) is -0.938. The highest BCUT2D eigenvalue weighted by Crippen LogP contribution is 2.45. The fourth-order valence-corrected chi connectivity index (χ4v) is 4.09. The number of ether oxygens (including phenoxy) is 1. The third-order valence-electron chi connectivity index (χ3n) is 6.18. The number of fused-ring (bicyclic) bond motifs is 3. The number of nitrogens with one attached hydrogen (secondary N) is 2. The van der Waals surface area contributed by atoms with Crippen molar-refractivity contribution in [2.45, 2.75) is 31.3 Å². The summed E-state index contributed by atoms with van der Waals surface area (Å²) < 4.78 is 5.39. The SMILES string of the molecule is O=C(CC(O)CNC(=O)OCC1c2ccccc2-c2ccccc21)NCC1(C(=O)O)CC1. The van der Waals surface area contributed by atoms with Crippen molar-refractivity contribution in [3.63, 3.8) is 0 Å². The van der Waals surface area contributed by atoms with Crippen molar-refractivity contribution >= 4 is 18.0 Å². The maximum absolute atomic E-state index is 12.1. The molecule has 8 heteroatoms. The van der Waals surface area contributed by atoms with E-state index in [0.29, 0.717) is 12.8 Å². The highest BCUT2D eigenvalue weighted by molar-refractivity contribution is 5.81. The lowest BCUT2D eigenvalue weighted by atomic mass is 9.98. The van der Waals surface area contributed by atoms with E-state index in [2.05, 4.69) is 22.8 Å². The largest absolute Gasteiger partial charge is 0.481 e. The average Bonchev–Trinajstić information content (AvgIpc) is 3.52. The Morgan fingerprint density at radius 1 is 1.00 bits per heavy atom. The minimum Gasteiger partial charge on any atom is -0.481 e. The number of aliphatic carboxylic acids is 1. The molecule has 0 aromatic heterocycles. The summed E-state index contributed by atoms with van der Waals surface area (Å²) in [5.41, 5.74) is 3.62. The molecule has 0 aliphatic heterocycles. The number of rotatable bonds is 9. The summed E-state index contributed by atoms with van der Waals surface area (Å²) in [7, 11) is 0. The lowest BCUT2D eigenvalue weighted by molar-refractivity contribution is -0.143. The van der Waals surface area contributed by atoms with Crippen molar-refractivity contribution in [1.29, 1.82) is 0 Å². The van der Waals surface area contributed by atoms with Crippen LogP contribution in [0.25, 0.3) is 11.1 Å². The van der Waals surface area contributed by atoms with Crippen LogP contribution >= 0.6 is 0 Å². The Hall–Kier alpha value is -3.39. The van der Waals surface area contributed by atoms with Gasteiger partial charge < -0.3 is 25.6 Å². The molecular formula is C24H26N2O6. The van der Waals surface area contributed by atoms with Gasteiger partial charge in [0.2, 0.25) is 5.91 Å². The van der Waals surface area contributed by atoms with E-state index in [9.17, 15) is 19.5 Å². The Labute approximate surface area is 185 Å². The second-order valence-corrected chi connectivity index (χ2v) is 8.43. The number of carbonyl (C=O) groups excluding carboxylic acids is 2. The van der Waals surface area contributed by atoms with Gasteiger partial charge in [0, 0.05) is 19.0 Å². The second kappa shape index (κ2) is 9.00. The summed E-state index contributed by atoms with van der Waals surface area (Å²) in [5, 5.41) is 24.2. The normalized spacial score (nSPS) is 16.4. The predicted molar refractivity (Wildman–Crippen MR) is 116 cm³/mol. The van der Waals surface area contributed by atoms with Gasteiger partial charge in [-0.1, -0.05) is 48.5 Å². The van der Waals surface area contributed by atoms with E-state index in [-0.39, 0.29) is 32.0 Å². The Morgan fingerprint density at radius 2 is 1.59 bits per heavy atom. The number of hydrogen-bond donors (Lipinski definition) is 4. The molecule has 8 nitrogen and oxygen atoms in total. The highest BCUT2D eigenvalue weighted by atomic mass is 16.5.